The molecule has 1 aromatic heterocycles. The van der Waals surface area contributed by atoms with Crippen LogP contribution in [0.4, 0.5) is 5.82 Å². The molecule has 0 bridgehead atoms. The third-order valence-electron chi connectivity index (χ3n) is 3.10. The molecule has 1 fully saturated rings. The van der Waals surface area contributed by atoms with Crippen LogP contribution in [-0.4, -0.2) is 24.1 Å². The number of hydrogen-bond acceptors (Lipinski definition) is 3. The quantitative estimate of drug-likeness (QED) is 0.784. The first-order valence-electron chi connectivity index (χ1n) is 6.48. The van der Waals surface area contributed by atoms with Crippen molar-refractivity contribution in [1.29, 1.82) is 0 Å². The van der Waals surface area contributed by atoms with Gasteiger partial charge in [-0.15, -0.1) is 6.58 Å². The predicted octanol–water partition coefficient (Wildman–Crippen LogP) is 3.11. The SMILES string of the molecule is C=CCN(CC)c1ncc(Br)cc1CNC1CC1. The molecule has 0 aliphatic heterocycles. The smallest absolute Gasteiger partial charge is 0.133 e. The molecule has 18 heavy (non-hydrogen) atoms. The molecule has 1 N–H and O–H groups in total. The fourth-order valence-electron chi connectivity index (χ4n) is 1.95. The third kappa shape index (κ3) is 3.56. The summed E-state index contributed by atoms with van der Waals surface area (Å²) in [6.07, 6.45) is 6.40. The van der Waals surface area contributed by atoms with Crippen molar-refractivity contribution in [3.63, 3.8) is 0 Å². The van der Waals surface area contributed by atoms with E-state index < -0.39 is 0 Å². The molecular weight excluding hydrogens is 290 g/mol. The van der Waals surface area contributed by atoms with Gasteiger partial charge < -0.3 is 10.2 Å². The molecule has 0 radical (unpaired) electrons. The van der Waals surface area contributed by atoms with Gasteiger partial charge in [-0.25, -0.2) is 4.98 Å². The summed E-state index contributed by atoms with van der Waals surface area (Å²) >= 11 is 3.50. The van der Waals surface area contributed by atoms with E-state index in [4.69, 9.17) is 0 Å². The number of anilines is 1. The zero-order valence-corrected chi connectivity index (χ0v) is 12.4. The fourth-order valence-corrected chi connectivity index (χ4v) is 2.33. The van der Waals surface area contributed by atoms with Crippen molar-refractivity contribution in [2.75, 3.05) is 18.0 Å². The van der Waals surface area contributed by atoms with E-state index in [1.165, 1.54) is 18.4 Å². The maximum Gasteiger partial charge on any atom is 0.133 e. The maximum absolute atomic E-state index is 4.56. The number of pyridine rings is 1. The number of nitrogens with zero attached hydrogens (tertiary/aromatic N) is 2. The molecule has 1 aliphatic carbocycles. The van der Waals surface area contributed by atoms with Gasteiger partial charge in [-0.3, -0.25) is 0 Å². The average molecular weight is 310 g/mol. The van der Waals surface area contributed by atoms with Crippen molar-refractivity contribution < 1.29 is 0 Å². The van der Waals surface area contributed by atoms with Gasteiger partial charge in [0.2, 0.25) is 0 Å². The summed E-state index contributed by atoms with van der Waals surface area (Å²) in [4.78, 5) is 6.80. The molecule has 1 aliphatic rings. The molecule has 1 aromatic rings. The van der Waals surface area contributed by atoms with Crippen LogP contribution in [0.5, 0.6) is 0 Å². The second-order valence-electron chi connectivity index (χ2n) is 4.62. The van der Waals surface area contributed by atoms with E-state index in [9.17, 15) is 0 Å². The maximum atomic E-state index is 4.56. The number of rotatable bonds is 7. The zero-order chi connectivity index (χ0) is 13.0. The zero-order valence-electron chi connectivity index (χ0n) is 10.8. The van der Waals surface area contributed by atoms with E-state index in [0.717, 1.165) is 29.9 Å². The van der Waals surface area contributed by atoms with Crippen molar-refractivity contribution in [2.45, 2.75) is 32.4 Å². The van der Waals surface area contributed by atoms with E-state index in [1.807, 2.05) is 12.3 Å². The summed E-state index contributed by atoms with van der Waals surface area (Å²) in [7, 11) is 0. The number of hydrogen-bond donors (Lipinski definition) is 1. The number of aromatic nitrogens is 1. The third-order valence-corrected chi connectivity index (χ3v) is 3.53. The standard InChI is InChI=1S/C14H20BrN3/c1-3-7-18(4-2)14-11(8-12(15)10-17-14)9-16-13-5-6-13/h3,8,10,13,16H,1,4-7,9H2,2H3. The molecular formula is C14H20BrN3. The topological polar surface area (TPSA) is 28.2 Å². The molecule has 4 heteroatoms. The van der Waals surface area contributed by atoms with Crippen LogP contribution in [0.3, 0.4) is 0 Å². The van der Waals surface area contributed by atoms with Gasteiger partial charge in [0.25, 0.3) is 0 Å². The second kappa shape index (κ2) is 6.34. The first kappa shape index (κ1) is 13.6. The molecule has 0 saturated heterocycles. The monoisotopic (exact) mass is 309 g/mol. The molecule has 2 rings (SSSR count). The lowest BCUT2D eigenvalue weighted by molar-refractivity contribution is 0.682. The molecule has 0 aromatic carbocycles. The molecule has 0 atom stereocenters. The fraction of sp³-hybridized carbons (Fsp3) is 0.500. The Bertz CT molecular complexity index is 416. The lowest BCUT2D eigenvalue weighted by Gasteiger charge is -2.23. The summed E-state index contributed by atoms with van der Waals surface area (Å²) in [6.45, 7) is 8.62. The molecule has 0 spiro atoms. The van der Waals surface area contributed by atoms with E-state index in [0.29, 0.717) is 6.04 Å². The van der Waals surface area contributed by atoms with Crippen molar-refractivity contribution in [3.05, 3.63) is 35.0 Å². The van der Waals surface area contributed by atoms with Gasteiger partial charge in [-0.1, -0.05) is 6.08 Å². The Morgan fingerprint density at radius 2 is 2.39 bits per heavy atom. The summed E-state index contributed by atoms with van der Waals surface area (Å²) in [6, 6.07) is 2.87. The van der Waals surface area contributed by atoms with Crippen LogP contribution in [0.2, 0.25) is 0 Å². The van der Waals surface area contributed by atoms with Crippen molar-refractivity contribution in [1.82, 2.24) is 10.3 Å². The Morgan fingerprint density at radius 1 is 1.61 bits per heavy atom. The van der Waals surface area contributed by atoms with Crippen LogP contribution < -0.4 is 10.2 Å². The normalized spacial score (nSPS) is 14.6. The minimum absolute atomic E-state index is 0.714. The van der Waals surface area contributed by atoms with Crippen molar-refractivity contribution in [3.8, 4) is 0 Å². The largest absolute Gasteiger partial charge is 0.353 e. The van der Waals surface area contributed by atoms with Crippen LogP contribution in [0.1, 0.15) is 25.3 Å². The Morgan fingerprint density at radius 3 is 3.00 bits per heavy atom. The highest BCUT2D eigenvalue weighted by Gasteiger charge is 2.21. The molecule has 1 heterocycles. The van der Waals surface area contributed by atoms with Crippen molar-refractivity contribution >= 4 is 21.7 Å². The lowest BCUT2D eigenvalue weighted by atomic mass is 10.2. The van der Waals surface area contributed by atoms with Gasteiger partial charge in [0.1, 0.15) is 5.82 Å². The Hall–Kier alpha value is -0.870. The highest BCUT2D eigenvalue weighted by molar-refractivity contribution is 9.10. The Balaban J connectivity index is 2.16. The van der Waals surface area contributed by atoms with Gasteiger partial charge in [0.15, 0.2) is 0 Å². The van der Waals surface area contributed by atoms with E-state index in [2.05, 4.69) is 50.7 Å². The molecule has 0 unspecified atom stereocenters. The van der Waals surface area contributed by atoms with Gasteiger partial charge >= 0.3 is 0 Å². The van der Waals surface area contributed by atoms with E-state index >= 15 is 0 Å². The highest BCUT2D eigenvalue weighted by Crippen LogP contribution is 2.24. The minimum Gasteiger partial charge on any atom is -0.353 e. The average Bonchev–Trinajstić information content (AvgIpc) is 3.18. The first-order chi connectivity index (χ1) is 8.74. The van der Waals surface area contributed by atoms with E-state index in [-0.39, 0.29) is 0 Å². The number of nitrogens with one attached hydrogen (secondary N) is 1. The van der Waals surface area contributed by atoms with Crippen LogP contribution >= 0.6 is 15.9 Å². The molecule has 98 valence electrons. The molecule has 3 nitrogen and oxygen atoms in total. The van der Waals surface area contributed by atoms with Gasteiger partial charge in [-0.2, -0.15) is 0 Å². The van der Waals surface area contributed by atoms with Gasteiger partial charge in [-0.05, 0) is 41.8 Å². The van der Waals surface area contributed by atoms with Crippen LogP contribution in [0.15, 0.2) is 29.4 Å². The van der Waals surface area contributed by atoms with Crippen LogP contribution in [0, 0.1) is 0 Å². The van der Waals surface area contributed by atoms with Crippen molar-refractivity contribution in [2.24, 2.45) is 0 Å². The first-order valence-corrected chi connectivity index (χ1v) is 7.27. The van der Waals surface area contributed by atoms with E-state index in [1.54, 1.807) is 0 Å². The summed E-state index contributed by atoms with van der Waals surface area (Å²) in [5, 5.41) is 3.55. The lowest BCUT2D eigenvalue weighted by Crippen LogP contribution is -2.26. The second-order valence-corrected chi connectivity index (χ2v) is 5.53. The molecule has 1 saturated carbocycles. The van der Waals surface area contributed by atoms with Crippen LogP contribution in [0.25, 0.3) is 0 Å². The van der Waals surface area contributed by atoms with Gasteiger partial charge in [0.05, 0.1) is 0 Å². The van der Waals surface area contributed by atoms with Crippen LogP contribution in [-0.2, 0) is 6.54 Å². The summed E-state index contributed by atoms with van der Waals surface area (Å²) in [5.41, 5.74) is 1.25. The highest BCUT2D eigenvalue weighted by atomic mass is 79.9. The van der Waals surface area contributed by atoms with Gasteiger partial charge in [0, 0.05) is 41.9 Å². The predicted molar refractivity (Wildman–Crippen MR) is 79.9 cm³/mol. The molecule has 0 amide bonds. The Kier molecular flexibility index (Phi) is 4.78. The Labute approximate surface area is 117 Å². The summed E-state index contributed by atoms with van der Waals surface area (Å²) < 4.78 is 1.04. The minimum atomic E-state index is 0.714. The summed E-state index contributed by atoms with van der Waals surface area (Å²) in [5.74, 6) is 1.06. The number of likely N-dealkylation sites (N-methyl/N-ethyl adjacent to an activating group) is 1. The number of halogens is 1.